The summed E-state index contributed by atoms with van der Waals surface area (Å²) in [4.78, 5) is 21.3. The Morgan fingerprint density at radius 3 is 2.57 bits per heavy atom. The van der Waals surface area contributed by atoms with E-state index in [-0.39, 0.29) is 11.3 Å². The molecule has 0 bridgehead atoms. The number of carbonyl (C=O) groups is 1. The first-order chi connectivity index (χ1) is 9.91. The highest BCUT2D eigenvalue weighted by Crippen LogP contribution is 2.36. The molecule has 0 heterocycles. The van der Waals surface area contributed by atoms with Gasteiger partial charge in [0.2, 0.25) is 5.75 Å². The largest absolute Gasteiger partial charge is 0.478 e. The van der Waals surface area contributed by atoms with Crippen molar-refractivity contribution in [3.05, 3.63) is 63.5 Å². The lowest BCUT2D eigenvalue weighted by Gasteiger charge is -2.10. The lowest BCUT2D eigenvalue weighted by atomic mass is 10.1. The number of halogens is 1. The third kappa shape index (κ3) is 2.81. The highest BCUT2D eigenvalue weighted by atomic mass is 19.1. The van der Waals surface area contributed by atoms with Crippen molar-refractivity contribution < 1.29 is 24.0 Å². The molecule has 2 aromatic carbocycles. The average Bonchev–Trinajstić information content (AvgIpc) is 2.43. The minimum Gasteiger partial charge on any atom is -0.478 e. The molecule has 0 aliphatic rings. The van der Waals surface area contributed by atoms with E-state index in [1.54, 1.807) is 0 Å². The summed E-state index contributed by atoms with van der Waals surface area (Å²) in [5, 5.41) is 20.1. The number of nitro groups is 1. The zero-order valence-electron chi connectivity index (χ0n) is 10.9. The van der Waals surface area contributed by atoms with Gasteiger partial charge in [0.1, 0.15) is 5.56 Å². The Labute approximate surface area is 118 Å². The number of ether oxygens (including phenoxy) is 1. The Bertz CT molecular complexity index is 697. The SMILES string of the molecule is Cc1cccc(Oc2c(C(=O)O)cccc2[N+](=O)[O-])c1F. The molecule has 0 aliphatic carbocycles. The molecule has 0 fully saturated rings. The smallest absolute Gasteiger partial charge is 0.339 e. The van der Waals surface area contributed by atoms with Gasteiger partial charge in [0.05, 0.1) is 4.92 Å². The van der Waals surface area contributed by atoms with Crippen molar-refractivity contribution in [3.63, 3.8) is 0 Å². The highest BCUT2D eigenvalue weighted by molar-refractivity contribution is 5.92. The van der Waals surface area contributed by atoms with Gasteiger partial charge in [-0.3, -0.25) is 10.1 Å². The number of rotatable bonds is 4. The van der Waals surface area contributed by atoms with Crippen LogP contribution in [0.2, 0.25) is 0 Å². The zero-order chi connectivity index (χ0) is 15.6. The first kappa shape index (κ1) is 14.4. The van der Waals surface area contributed by atoms with Crippen molar-refractivity contribution in [1.82, 2.24) is 0 Å². The molecule has 6 nitrogen and oxygen atoms in total. The van der Waals surface area contributed by atoms with Gasteiger partial charge in [0.25, 0.3) is 0 Å². The van der Waals surface area contributed by atoms with Crippen molar-refractivity contribution in [2.45, 2.75) is 6.92 Å². The van der Waals surface area contributed by atoms with Gasteiger partial charge in [-0.1, -0.05) is 18.2 Å². The van der Waals surface area contributed by atoms with E-state index in [2.05, 4.69) is 0 Å². The molecule has 1 N–H and O–H groups in total. The summed E-state index contributed by atoms with van der Waals surface area (Å²) in [6.07, 6.45) is 0. The predicted octanol–water partition coefficient (Wildman–Crippen LogP) is 3.53. The number of para-hydroxylation sites is 1. The molecule has 2 aromatic rings. The number of carboxylic acid groups (broad SMARTS) is 1. The van der Waals surface area contributed by atoms with E-state index in [1.165, 1.54) is 31.2 Å². The second-order valence-electron chi connectivity index (χ2n) is 4.21. The van der Waals surface area contributed by atoms with Crippen LogP contribution in [0.5, 0.6) is 11.5 Å². The van der Waals surface area contributed by atoms with Crippen molar-refractivity contribution in [1.29, 1.82) is 0 Å². The highest BCUT2D eigenvalue weighted by Gasteiger charge is 2.24. The molecule has 7 heteroatoms. The minimum absolute atomic E-state index is 0.271. The van der Waals surface area contributed by atoms with E-state index < -0.39 is 33.7 Å². The number of aryl methyl sites for hydroxylation is 1. The monoisotopic (exact) mass is 291 g/mol. The maximum Gasteiger partial charge on any atom is 0.339 e. The number of aromatic carboxylic acids is 1. The van der Waals surface area contributed by atoms with E-state index in [0.29, 0.717) is 0 Å². The maximum absolute atomic E-state index is 13.9. The van der Waals surface area contributed by atoms with Crippen LogP contribution in [0.3, 0.4) is 0 Å². The summed E-state index contributed by atoms with van der Waals surface area (Å²) in [6.45, 7) is 1.50. The average molecular weight is 291 g/mol. The van der Waals surface area contributed by atoms with E-state index in [4.69, 9.17) is 9.84 Å². The van der Waals surface area contributed by atoms with Crippen LogP contribution in [-0.2, 0) is 0 Å². The third-order valence-corrected chi connectivity index (χ3v) is 2.79. The molecule has 2 rings (SSSR count). The number of hydrogen-bond acceptors (Lipinski definition) is 4. The van der Waals surface area contributed by atoms with Crippen molar-refractivity contribution >= 4 is 11.7 Å². The van der Waals surface area contributed by atoms with Crippen LogP contribution >= 0.6 is 0 Å². The van der Waals surface area contributed by atoms with E-state index in [1.807, 2.05) is 0 Å². The van der Waals surface area contributed by atoms with Gasteiger partial charge < -0.3 is 9.84 Å². The van der Waals surface area contributed by atoms with Gasteiger partial charge in [-0.05, 0) is 24.6 Å². The second kappa shape index (κ2) is 5.58. The molecule has 0 aromatic heterocycles. The molecule has 0 spiro atoms. The van der Waals surface area contributed by atoms with E-state index in [0.717, 1.165) is 12.1 Å². The van der Waals surface area contributed by atoms with Gasteiger partial charge >= 0.3 is 11.7 Å². The normalized spacial score (nSPS) is 10.2. The molecule has 21 heavy (non-hydrogen) atoms. The lowest BCUT2D eigenvalue weighted by molar-refractivity contribution is -0.385. The van der Waals surface area contributed by atoms with Crippen LogP contribution in [-0.4, -0.2) is 16.0 Å². The fourth-order valence-electron chi connectivity index (χ4n) is 1.75. The molecule has 0 saturated heterocycles. The van der Waals surface area contributed by atoms with Crippen molar-refractivity contribution in [2.24, 2.45) is 0 Å². The van der Waals surface area contributed by atoms with Gasteiger partial charge in [-0.15, -0.1) is 0 Å². The Morgan fingerprint density at radius 2 is 1.95 bits per heavy atom. The summed E-state index contributed by atoms with van der Waals surface area (Å²) >= 11 is 0. The van der Waals surface area contributed by atoms with Crippen LogP contribution in [0, 0.1) is 22.9 Å². The van der Waals surface area contributed by atoms with Gasteiger partial charge in [0.15, 0.2) is 11.6 Å². The van der Waals surface area contributed by atoms with Crippen LogP contribution in [0.25, 0.3) is 0 Å². The van der Waals surface area contributed by atoms with E-state index in [9.17, 15) is 19.3 Å². The Balaban J connectivity index is 2.59. The fourth-order valence-corrected chi connectivity index (χ4v) is 1.75. The van der Waals surface area contributed by atoms with Crippen molar-refractivity contribution in [3.8, 4) is 11.5 Å². The summed E-state index contributed by atoms with van der Waals surface area (Å²) in [7, 11) is 0. The fraction of sp³-hybridized carbons (Fsp3) is 0.0714. The first-order valence-electron chi connectivity index (χ1n) is 5.85. The number of hydrogen-bond donors (Lipinski definition) is 1. The molecule has 0 radical (unpaired) electrons. The van der Waals surface area contributed by atoms with Gasteiger partial charge in [-0.2, -0.15) is 0 Å². The molecular weight excluding hydrogens is 281 g/mol. The Morgan fingerprint density at radius 1 is 1.29 bits per heavy atom. The third-order valence-electron chi connectivity index (χ3n) is 2.79. The molecule has 0 unspecified atom stereocenters. The molecule has 0 aliphatic heterocycles. The van der Waals surface area contributed by atoms with Crippen LogP contribution in [0.4, 0.5) is 10.1 Å². The van der Waals surface area contributed by atoms with Crippen molar-refractivity contribution in [2.75, 3.05) is 0 Å². The maximum atomic E-state index is 13.9. The molecule has 0 atom stereocenters. The number of benzene rings is 2. The summed E-state index contributed by atoms with van der Waals surface area (Å²) in [6, 6.07) is 7.74. The first-order valence-corrected chi connectivity index (χ1v) is 5.85. The Hall–Kier alpha value is -2.96. The minimum atomic E-state index is -1.40. The van der Waals surface area contributed by atoms with Crippen LogP contribution in [0.15, 0.2) is 36.4 Å². The van der Waals surface area contributed by atoms with Gasteiger partial charge in [0, 0.05) is 6.07 Å². The molecular formula is C14H10FNO5. The van der Waals surface area contributed by atoms with Crippen LogP contribution in [0.1, 0.15) is 15.9 Å². The molecule has 0 saturated carbocycles. The standard InChI is InChI=1S/C14H10FNO5/c1-8-4-2-7-11(12(8)15)21-13-9(14(17)18)5-3-6-10(13)16(19)20/h2-7H,1H3,(H,17,18). The van der Waals surface area contributed by atoms with Gasteiger partial charge in [-0.25, -0.2) is 9.18 Å². The number of nitrogens with zero attached hydrogens (tertiary/aromatic N) is 1. The molecule has 0 amide bonds. The lowest BCUT2D eigenvalue weighted by Crippen LogP contribution is -2.04. The van der Waals surface area contributed by atoms with Crippen LogP contribution < -0.4 is 4.74 Å². The summed E-state index contributed by atoms with van der Waals surface area (Å²) in [5.41, 5.74) is -0.677. The molecule has 108 valence electrons. The summed E-state index contributed by atoms with van der Waals surface area (Å²) in [5.74, 6) is -2.87. The Kier molecular flexibility index (Phi) is 3.84. The number of nitro benzene ring substituents is 1. The second-order valence-corrected chi connectivity index (χ2v) is 4.21. The predicted molar refractivity (Wildman–Crippen MR) is 71.3 cm³/mol. The zero-order valence-corrected chi connectivity index (χ0v) is 10.9. The van der Waals surface area contributed by atoms with E-state index >= 15 is 0 Å². The summed E-state index contributed by atoms with van der Waals surface area (Å²) < 4.78 is 19.1. The number of carboxylic acids is 1. The quantitative estimate of drug-likeness (QED) is 0.687. The topological polar surface area (TPSA) is 89.7 Å².